The zero-order valence-corrected chi connectivity index (χ0v) is 10.8. The summed E-state index contributed by atoms with van der Waals surface area (Å²) in [6.07, 6.45) is 0.556. The molecule has 1 saturated heterocycles. The lowest BCUT2D eigenvalue weighted by molar-refractivity contribution is 0.113. The smallest absolute Gasteiger partial charge is 0.244 e. The lowest BCUT2D eigenvalue weighted by atomic mass is 10.1. The summed E-state index contributed by atoms with van der Waals surface area (Å²) in [7, 11) is -3.53. The fraction of sp³-hybridized carbons (Fsp3) is 0.455. The van der Waals surface area contributed by atoms with Crippen LogP contribution in [0.5, 0.6) is 0 Å². The lowest BCUT2D eigenvalue weighted by Crippen LogP contribution is -2.40. The van der Waals surface area contributed by atoms with Gasteiger partial charge < -0.3 is 5.11 Å². The average Bonchev–Trinajstić information content (AvgIpc) is 2.30. The molecule has 0 saturated carbocycles. The van der Waals surface area contributed by atoms with Crippen molar-refractivity contribution in [2.45, 2.75) is 23.8 Å². The van der Waals surface area contributed by atoms with E-state index in [0.717, 1.165) is 0 Å². The number of nitrogens with zero attached hydrogens (tertiary/aromatic N) is 1. The Balaban J connectivity index is 2.28. The van der Waals surface area contributed by atoms with Crippen molar-refractivity contribution in [2.75, 3.05) is 13.1 Å². The van der Waals surface area contributed by atoms with E-state index in [9.17, 15) is 13.5 Å². The zero-order valence-electron chi connectivity index (χ0n) is 9.21. The van der Waals surface area contributed by atoms with Crippen LogP contribution in [0, 0.1) is 0 Å². The molecule has 0 aliphatic carbocycles. The SMILES string of the molecule is O=S(=O)(c1ccccc1Cl)N1CCC(O)CC1. The monoisotopic (exact) mass is 275 g/mol. The zero-order chi connectivity index (χ0) is 12.5. The van der Waals surface area contributed by atoms with Gasteiger partial charge in [-0.1, -0.05) is 23.7 Å². The Morgan fingerprint density at radius 2 is 1.82 bits per heavy atom. The van der Waals surface area contributed by atoms with Gasteiger partial charge in [0.05, 0.1) is 11.1 Å². The van der Waals surface area contributed by atoms with E-state index in [4.69, 9.17) is 11.6 Å². The molecule has 6 heteroatoms. The lowest BCUT2D eigenvalue weighted by Gasteiger charge is -2.28. The third kappa shape index (κ3) is 2.63. The van der Waals surface area contributed by atoms with Crippen LogP contribution in [0.2, 0.25) is 5.02 Å². The molecule has 2 rings (SSSR count). The third-order valence-electron chi connectivity index (χ3n) is 2.88. The first kappa shape index (κ1) is 12.8. The topological polar surface area (TPSA) is 57.6 Å². The molecular weight excluding hydrogens is 262 g/mol. The van der Waals surface area contributed by atoms with E-state index in [2.05, 4.69) is 0 Å². The molecule has 0 unspecified atom stereocenters. The molecule has 17 heavy (non-hydrogen) atoms. The first-order chi connectivity index (χ1) is 8.01. The summed E-state index contributed by atoms with van der Waals surface area (Å²) in [5, 5.41) is 9.61. The van der Waals surface area contributed by atoms with Crippen LogP contribution in [0.4, 0.5) is 0 Å². The molecular formula is C11H14ClNO3S. The van der Waals surface area contributed by atoms with Gasteiger partial charge in [-0.2, -0.15) is 4.31 Å². The van der Waals surface area contributed by atoms with Gasteiger partial charge in [-0.25, -0.2) is 8.42 Å². The number of benzene rings is 1. The molecule has 0 radical (unpaired) electrons. The normalized spacial score (nSPS) is 19.4. The quantitative estimate of drug-likeness (QED) is 0.890. The van der Waals surface area contributed by atoms with Crippen LogP contribution in [0.25, 0.3) is 0 Å². The van der Waals surface area contributed by atoms with Gasteiger partial charge in [-0.05, 0) is 25.0 Å². The van der Waals surface area contributed by atoms with Gasteiger partial charge >= 0.3 is 0 Å². The summed E-state index contributed by atoms with van der Waals surface area (Å²) in [5.41, 5.74) is 0. The highest BCUT2D eigenvalue weighted by molar-refractivity contribution is 7.89. The highest BCUT2D eigenvalue weighted by Crippen LogP contribution is 2.26. The molecule has 0 bridgehead atoms. The number of rotatable bonds is 2. The first-order valence-electron chi connectivity index (χ1n) is 5.44. The summed E-state index contributed by atoms with van der Waals surface area (Å²) in [6, 6.07) is 6.41. The van der Waals surface area contributed by atoms with Gasteiger partial charge in [0.25, 0.3) is 0 Å². The molecule has 1 N–H and O–H groups in total. The van der Waals surface area contributed by atoms with Crippen LogP contribution in [0.15, 0.2) is 29.2 Å². The van der Waals surface area contributed by atoms with Gasteiger partial charge in [0.1, 0.15) is 4.90 Å². The van der Waals surface area contributed by atoms with Crippen molar-refractivity contribution in [1.82, 2.24) is 4.31 Å². The Morgan fingerprint density at radius 1 is 1.24 bits per heavy atom. The molecule has 1 aromatic rings. The fourth-order valence-corrected chi connectivity index (χ4v) is 3.84. The van der Waals surface area contributed by atoms with Crippen LogP contribution in [-0.4, -0.2) is 37.0 Å². The van der Waals surface area contributed by atoms with Crippen LogP contribution in [0.3, 0.4) is 0 Å². The maximum atomic E-state index is 12.3. The van der Waals surface area contributed by atoms with Crippen LogP contribution in [-0.2, 0) is 10.0 Å². The van der Waals surface area contributed by atoms with E-state index in [-0.39, 0.29) is 9.92 Å². The second-order valence-electron chi connectivity index (χ2n) is 4.07. The third-order valence-corrected chi connectivity index (χ3v) is 5.28. The molecule has 1 aliphatic heterocycles. The van der Waals surface area contributed by atoms with E-state index in [1.165, 1.54) is 10.4 Å². The minimum absolute atomic E-state index is 0.137. The van der Waals surface area contributed by atoms with Gasteiger partial charge in [-0.3, -0.25) is 0 Å². The molecule has 94 valence electrons. The van der Waals surface area contributed by atoms with E-state index >= 15 is 0 Å². The highest BCUT2D eigenvalue weighted by atomic mass is 35.5. The molecule has 0 amide bonds. The molecule has 0 atom stereocenters. The average molecular weight is 276 g/mol. The predicted molar refractivity (Wildman–Crippen MR) is 65.5 cm³/mol. The van der Waals surface area contributed by atoms with Crippen molar-refractivity contribution in [3.05, 3.63) is 29.3 Å². The molecule has 1 heterocycles. The Hall–Kier alpha value is -0.620. The van der Waals surface area contributed by atoms with Gasteiger partial charge in [-0.15, -0.1) is 0 Å². The number of piperidine rings is 1. The number of aliphatic hydroxyl groups is 1. The first-order valence-corrected chi connectivity index (χ1v) is 7.26. The van der Waals surface area contributed by atoms with Crippen molar-refractivity contribution in [3.8, 4) is 0 Å². The second-order valence-corrected chi connectivity index (χ2v) is 6.38. The standard InChI is InChI=1S/C11H14ClNO3S/c12-10-3-1-2-4-11(10)17(15,16)13-7-5-9(14)6-8-13/h1-4,9,14H,5-8H2. The summed E-state index contributed by atoms with van der Waals surface area (Å²) in [6.45, 7) is 0.684. The van der Waals surface area contributed by atoms with Crippen molar-refractivity contribution >= 4 is 21.6 Å². The van der Waals surface area contributed by atoms with Crippen molar-refractivity contribution < 1.29 is 13.5 Å². The Kier molecular flexibility index (Phi) is 3.73. The van der Waals surface area contributed by atoms with Gasteiger partial charge in [0, 0.05) is 13.1 Å². The van der Waals surface area contributed by atoms with E-state index in [1.54, 1.807) is 18.2 Å². The number of hydrogen-bond donors (Lipinski definition) is 1. The van der Waals surface area contributed by atoms with Gasteiger partial charge in [0.2, 0.25) is 10.0 Å². The molecule has 1 aromatic carbocycles. The van der Waals surface area contributed by atoms with E-state index in [0.29, 0.717) is 25.9 Å². The van der Waals surface area contributed by atoms with Crippen LogP contribution < -0.4 is 0 Å². The Bertz CT molecular complexity index is 495. The maximum absolute atomic E-state index is 12.3. The molecule has 0 aromatic heterocycles. The highest BCUT2D eigenvalue weighted by Gasteiger charge is 2.29. The van der Waals surface area contributed by atoms with Crippen LogP contribution in [0.1, 0.15) is 12.8 Å². The Morgan fingerprint density at radius 3 is 2.41 bits per heavy atom. The second kappa shape index (κ2) is 4.94. The number of sulfonamides is 1. The maximum Gasteiger partial charge on any atom is 0.244 e. The van der Waals surface area contributed by atoms with Crippen molar-refractivity contribution in [1.29, 1.82) is 0 Å². The summed E-state index contributed by atoms with van der Waals surface area (Å²) in [5.74, 6) is 0. The molecule has 1 fully saturated rings. The van der Waals surface area contributed by atoms with Gasteiger partial charge in [0.15, 0.2) is 0 Å². The Labute approximate surface area is 106 Å². The van der Waals surface area contributed by atoms with Crippen molar-refractivity contribution in [3.63, 3.8) is 0 Å². The predicted octanol–water partition coefficient (Wildman–Crippen LogP) is 1.49. The van der Waals surface area contributed by atoms with Crippen LogP contribution >= 0.6 is 11.6 Å². The largest absolute Gasteiger partial charge is 0.393 e. The fourth-order valence-electron chi connectivity index (χ4n) is 1.88. The summed E-state index contributed by atoms with van der Waals surface area (Å²) >= 11 is 5.90. The minimum Gasteiger partial charge on any atom is -0.393 e. The minimum atomic E-state index is -3.53. The molecule has 4 nitrogen and oxygen atoms in total. The molecule has 1 aliphatic rings. The number of aliphatic hydroxyl groups excluding tert-OH is 1. The number of hydrogen-bond acceptors (Lipinski definition) is 3. The van der Waals surface area contributed by atoms with E-state index < -0.39 is 16.1 Å². The van der Waals surface area contributed by atoms with E-state index in [1.807, 2.05) is 0 Å². The van der Waals surface area contributed by atoms with Crippen molar-refractivity contribution in [2.24, 2.45) is 0 Å². The summed E-state index contributed by atoms with van der Waals surface area (Å²) in [4.78, 5) is 0.137. The summed E-state index contributed by atoms with van der Waals surface area (Å²) < 4.78 is 25.9. The number of halogens is 1. The molecule has 0 spiro atoms.